The SMILES string of the molecule is OCC(O)(Br)Br. The summed E-state index contributed by atoms with van der Waals surface area (Å²) >= 11 is 5.40. The summed E-state index contributed by atoms with van der Waals surface area (Å²) in [5, 5.41) is 16.5. The summed E-state index contributed by atoms with van der Waals surface area (Å²) < 4.78 is -1.28. The summed E-state index contributed by atoms with van der Waals surface area (Å²) in [5.41, 5.74) is 0. The van der Waals surface area contributed by atoms with Gasteiger partial charge in [0.25, 0.3) is 0 Å². The van der Waals surface area contributed by atoms with Gasteiger partial charge in [-0.05, 0) is 31.9 Å². The largest absolute Gasteiger partial charge is 0.391 e. The van der Waals surface area contributed by atoms with Crippen molar-refractivity contribution in [3.63, 3.8) is 0 Å². The summed E-state index contributed by atoms with van der Waals surface area (Å²) in [4.78, 5) is 0. The first kappa shape index (κ1) is 6.88. The first-order valence-corrected chi connectivity index (χ1v) is 2.86. The molecule has 0 aliphatic rings. The van der Waals surface area contributed by atoms with Crippen LogP contribution in [0, 0.1) is 0 Å². The Morgan fingerprint density at radius 3 is 1.67 bits per heavy atom. The highest BCUT2D eigenvalue weighted by Crippen LogP contribution is 2.19. The maximum absolute atomic E-state index is 8.41. The fraction of sp³-hybridized carbons (Fsp3) is 1.00. The van der Waals surface area contributed by atoms with Crippen LogP contribution in [0.5, 0.6) is 0 Å². The molecular formula is C2H4Br2O2. The van der Waals surface area contributed by atoms with Crippen LogP contribution in [0.3, 0.4) is 0 Å². The summed E-state index contributed by atoms with van der Waals surface area (Å²) in [7, 11) is 0. The van der Waals surface area contributed by atoms with E-state index in [-0.39, 0.29) is 6.61 Å². The summed E-state index contributed by atoms with van der Waals surface area (Å²) in [6.07, 6.45) is 0. The number of alkyl halides is 2. The highest BCUT2D eigenvalue weighted by Gasteiger charge is 2.13. The van der Waals surface area contributed by atoms with E-state index in [0.717, 1.165) is 0 Å². The smallest absolute Gasteiger partial charge is 0.198 e. The quantitative estimate of drug-likeness (QED) is 0.628. The molecule has 2 nitrogen and oxygen atoms in total. The molecule has 0 aromatic heterocycles. The van der Waals surface area contributed by atoms with Gasteiger partial charge < -0.3 is 10.2 Å². The minimum Gasteiger partial charge on any atom is -0.391 e. The first-order chi connectivity index (χ1) is 2.56. The van der Waals surface area contributed by atoms with Crippen molar-refractivity contribution in [2.45, 2.75) is 3.42 Å². The summed E-state index contributed by atoms with van der Waals surface area (Å²) in [6, 6.07) is 0. The molecule has 2 N–H and O–H groups in total. The monoisotopic (exact) mass is 218 g/mol. The Balaban J connectivity index is 3.17. The third-order valence-electron chi connectivity index (χ3n) is 0.190. The molecule has 38 valence electrons. The molecule has 0 rings (SSSR count). The lowest BCUT2D eigenvalue weighted by molar-refractivity contribution is 0.146. The van der Waals surface area contributed by atoms with E-state index in [1.165, 1.54) is 0 Å². The van der Waals surface area contributed by atoms with Crippen molar-refractivity contribution in [2.24, 2.45) is 0 Å². The Bertz CT molecular complexity index is 39.3. The van der Waals surface area contributed by atoms with Crippen LogP contribution in [-0.2, 0) is 0 Å². The van der Waals surface area contributed by atoms with E-state index in [4.69, 9.17) is 10.2 Å². The topological polar surface area (TPSA) is 40.5 Å². The van der Waals surface area contributed by atoms with Crippen LogP contribution >= 0.6 is 31.9 Å². The number of halogens is 2. The Hall–Kier alpha value is 0.880. The van der Waals surface area contributed by atoms with Crippen LogP contribution in [0.1, 0.15) is 0 Å². The molecule has 0 fully saturated rings. The lowest BCUT2D eigenvalue weighted by Crippen LogP contribution is -2.13. The van der Waals surface area contributed by atoms with Gasteiger partial charge in [-0.3, -0.25) is 0 Å². The van der Waals surface area contributed by atoms with E-state index in [1.54, 1.807) is 0 Å². The Morgan fingerprint density at radius 2 is 1.67 bits per heavy atom. The molecule has 0 spiro atoms. The molecule has 0 radical (unpaired) electrons. The van der Waals surface area contributed by atoms with Gasteiger partial charge in [-0.25, -0.2) is 0 Å². The molecule has 6 heavy (non-hydrogen) atoms. The molecule has 0 saturated heterocycles. The lowest BCUT2D eigenvalue weighted by atomic mass is 10.8. The molecule has 0 amide bonds. The molecule has 0 aromatic rings. The van der Waals surface area contributed by atoms with Gasteiger partial charge in [0.15, 0.2) is 3.42 Å². The van der Waals surface area contributed by atoms with E-state index in [9.17, 15) is 0 Å². The lowest BCUT2D eigenvalue weighted by Gasteiger charge is -2.04. The number of aliphatic hydroxyl groups is 2. The summed E-state index contributed by atoms with van der Waals surface area (Å²) in [5.74, 6) is 0. The molecule has 0 aromatic carbocycles. The van der Waals surface area contributed by atoms with Gasteiger partial charge >= 0.3 is 0 Å². The Labute approximate surface area is 52.4 Å². The van der Waals surface area contributed by atoms with Gasteiger partial charge in [-0.15, -0.1) is 0 Å². The van der Waals surface area contributed by atoms with Crippen molar-refractivity contribution >= 4 is 31.9 Å². The van der Waals surface area contributed by atoms with E-state index in [1.807, 2.05) is 0 Å². The average Bonchev–Trinajstić information content (AvgIpc) is 1.35. The molecule has 0 bridgehead atoms. The van der Waals surface area contributed by atoms with Gasteiger partial charge in [0, 0.05) is 0 Å². The number of hydrogen-bond donors (Lipinski definition) is 2. The third-order valence-corrected chi connectivity index (χ3v) is 0.692. The van der Waals surface area contributed by atoms with Gasteiger partial charge in [0.05, 0.1) is 6.61 Å². The standard InChI is InChI=1S/C2H4Br2O2/c3-2(4,6)1-5/h5-6H,1H2. The second-order valence-electron chi connectivity index (χ2n) is 0.824. The van der Waals surface area contributed by atoms with E-state index in [2.05, 4.69) is 31.9 Å². The molecule has 0 aliphatic carbocycles. The third kappa shape index (κ3) is 4.88. The minimum atomic E-state index is -1.28. The van der Waals surface area contributed by atoms with Crippen molar-refractivity contribution in [3.8, 4) is 0 Å². The fourth-order valence-corrected chi connectivity index (χ4v) is 0. The minimum absolute atomic E-state index is 0.340. The number of aliphatic hydroxyl groups excluding tert-OH is 1. The van der Waals surface area contributed by atoms with Crippen LogP contribution in [0.25, 0.3) is 0 Å². The zero-order valence-corrected chi connectivity index (χ0v) is 6.03. The van der Waals surface area contributed by atoms with Crippen LogP contribution < -0.4 is 0 Å². The first-order valence-electron chi connectivity index (χ1n) is 1.27. The van der Waals surface area contributed by atoms with Gasteiger partial charge in [0.1, 0.15) is 0 Å². The van der Waals surface area contributed by atoms with Crippen molar-refractivity contribution in [1.82, 2.24) is 0 Å². The van der Waals surface area contributed by atoms with Crippen molar-refractivity contribution < 1.29 is 10.2 Å². The van der Waals surface area contributed by atoms with E-state index < -0.39 is 3.42 Å². The second-order valence-corrected chi connectivity index (χ2v) is 4.51. The van der Waals surface area contributed by atoms with Crippen molar-refractivity contribution in [2.75, 3.05) is 6.61 Å². The maximum atomic E-state index is 8.41. The predicted octanol–water partition coefficient (Wildman–Crippen LogP) is 0.415. The summed E-state index contributed by atoms with van der Waals surface area (Å²) in [6.45, 7) is -0.340. The van der Waals surface area contributed by atoms with Crippen molar-refractivity contribution in [3.05, 3.63) is 0 Å². The van der Waals surface area contributed by atoms with Gasteiger partial charge in [-0.1, -0.05) is 0 Å². The van der Waals surface area contributed by atoms with Gasteiger partial charge in [-0.2, -0.15) is 0 Å². The fourth-order valence-electron chi connectivity index (χ4n) is 0. The molecule has 0 saturated carbocycles. The predicted molar refractivity (Wildman–Crippen MR) is 29.9 cm³/mol. The number of hydrogen-bond acceptors (Lipinski definition) is 2. The molecule has 0 aliphatic heterocycles. The normalized spacial score (nSPS) is 12.0. The highest BCUT2D eigenvalue weighted by molar-refractivity contribution is 9.25. The van der Waals surface area contributed by atoms with Crippen LogP contribution in [0.15, 0.2) is 0 Å². The maximum Gasteiger partial charge on any atom is 0.198 e. The van der Waals surface area contributed by atoms with E-state index in [0.29, 0.717) is 0 Å². The zero-order valence-electron chi connectivity index (χ0n) is 2.86. The molecule has 0 atom stereocenters. The zero-order chi connectivity index (χ0) is 5.21. The molecule has 4 heteroatoms. The van der Waals surface area contributed by atoms with Crippen LogP contribution in [-0.4, -0.2) is 20.2 Å². The Kier molecular flexibility index (Phi) is 2.59. The molecule has 0 unspecified atom stereocenters. The van der Waals surface area contributed by atoms with Crippen LogP contribution in [0.2, 0.25) is 0 Å². The van der Waals surface area contributed by atoms with E-state index >= 15 is 0 Å². The second kappa shape index (κ2) is 2.26. The number of rotatable bonds is 1. The van der Waals surface area contributed by atoms with Crippen LogP contribution in [0.4, 0.5) is 0 Å². The average molecular weight is 220 g/mol. The molecule has 0 heterocycles. The van der Waals surface area contributed by atoms with Crippen molar-refractivity contribution in [1.29, 1.82) is 0 Å². The van der Waals surface area contributed by atoms with Gasteiger partial charge in [0.2, 0.25) is 0 Å². The Morgan fingerprint density at radius 1 is 1.50 bits per heavy atom. The highest BCUT2D eigenvalue weighted by atomic mass is 79.9. The molecular weight excluding hydrogens is 216 g/mol.